The number of carbonyl (C=O) groups excluding carboxylic acids is 1. The zero-order chi connectivity index (χ0) is 14.7. The van der Waals surface area contributed by atoms with Gasteiger partial charge in [-0.25, -0.2) is 0 Å². The lowest BCUT2D eigenvalue weighted by Crippen LogP contribution is -2.05. The maximum absolute atomic E-state index is 12.3. The lowest BCUT2D eigenvalue weighted by molar-refractivity contribution is 0.0992. The number of hydrogen-bond acceptors (Lipinski definition) is 1. The summed E-state index contributed by atoms with van der Waals surface area (Å²) in [6.07, 6.45) is 0.416. The van der Waals surface area contributed by atoms with Crippen molar-refractivity contribution in [1.82, 2.24) is 0 Å². The highest BCUT2D eigenvalue weighted by Crippen LogP contribution is 2.19. The molecular formula is C18H19ClO. The predicted octanol–water partition coefficient (Wildman–Crippen LogP) is 5.20. The van der Waals surface area contributed by atoms with Crippen molar-refractivity contribution < 1.29 is 4.79 Å². The number of halogens is 1. The fourth-order valence-corrected chi connectivity index (χ4v) is 2.37. The Hall–Kier alpha value is -1.60. The first kappa shape index (κ1) is 14.8. The second kappa shape index (κ2) is 6.23. The Balaban J connectivity index is 2.17. The van der Waals surface area contributed by atoms with Gasteiger partial charge in [-0.2, -0.15) is 0 Å². The molecular weight excluding hydrogens is 268 g/mol. The third-order valence-electron chi connectivity index (χ3n) is 3.51. The van der Waals surface area contributed by atoms with E-state index in [1.807, 2.05) is 31.2 Å². The molecule has 0 aliphatic heterocycles. The minimum absolute atomic E-state index is 0.113. The smallest absolute Gasteiger partial charge is 0.167 e. The fraction of sp³-hybridized carbons (Fsp3) is 0.278. The van der Waals surface area contributed by atoms with Gasteiger partial charge in [-0.15, -0.1) is 0 Å². The quantitative estimate of drug-likeness (QED) is 0.706. The van der Waals surface area contributed by atoms with Crippen LogP contribution in [0.4, 0.5) is 0 Å². The van der Waals surface area contributed by atoms with E-state index in [1.165, 1.54) is 5.56 Å². The number of aryl methyl sites for hydroxylation is 1. The first-order chi connectivity index (χ1) is 9.47. The molecule has 2 heteroatoms. The average molecular weight is 287 g/mol. The van der Waals surface area contributed by atoms with Crippen LogP contribution in [0.25, 0.3) is 0 Å². The lowest BCUT2D eigenvalue weighted by atomic mass is 9.97. The van der Waals surface area contributed by atoms with E-state index in [2.05, 4.69) is 26.0 Å². The van der Waals surface area contributed by atoms with E-state index in [-0.39, 0.29) is 5.78 Å². The van der Waals surface area contributed by atoms with Crippen molar-refractivity contribution in [3.8, 4) is 0 Å². The van der Waals surface area contributed by atoms with Crippen LogP contribution in [-0.4, -0.2) is 5.78 Å². The monoisotopic (exact) mass is 286 g/mol. The molecule has 0 radical (unpaired) electrons. The molecule has 0 bridgehead atoms. The predicted molar refractivity (Wildman–Crippen MR) is 84.8 cm³/mol. The number of hydrogen-bond donors (Lipinski definition) is 0. The topological polar surface area (TPSA) is 17.1 Å². The third kappa shape index (κ3) is 3.49. The first-order valence-electron chi connectivity index (χ1n) is 6.85. The summed E-state index contributed by atoms with van der Waals surface area (Å²) >= 11 is 5.97. The highest BCUT2D eigenvalue weighted by Gasteiger charge is 2.11. The summed E-state index contributed by atoms with van der Waals surface area (Å²) in [4.78, 5) is 12.3. The van der Waals surface area contributed by atoms with Crippen LogP contribution in [0.15, 0.2) is 42.5 Å². The van der Waals surface area contributed by atoms with Gasteiger partial charge in [-0.05, 0) is 41.7 Å². The van der Waals surface area contributed by atoms with Crippen LogP contribution in [0, 0.1) is 6.92 Å². The Morgan fingerprint density at radius 1 is 1.10 bits per heavy atom. The summed E-state index contributed by atoms with van der Waals surface area (Å²) in [5.41, 5.74) is 4.02. The van der Waals surface area contributed by atoms with E-state index < -0.39 is 0 Å². The summed E-state index contributed by atoms with van der Waals surface area (Å²) < 4.78 is 0. The van der Waals surface area contributed by atoms with Crippen molar-refractivity contribution >= 4 is 17.4 Å². The van der Waals surface area contributed by atoms with Crippen LogP contribution in [0.2, 0.25) is 5.02 Å². The van der Waals surface area contributed by atoms with E-state index in [0.29, 0.717) is 22.9 Å². The molecule has 2 rings (SSSR count). The van der Waals surface area contributed by atoms with E-state index in [0.717, 1.165) is 11.1 Å². The van der Waals surface area contributed by atoms with Crippen molar-refractivity contribution in [3.05, 3.63) is 69.7 Å². The average Bonchev–Trinajstić information content (AvgIpc) is 2.42. The van der Waals surface area contributed by atoms with Crippen molar-refractivity contribution in [2.24, 2.45) is 0 Å². The summed E-state index contributed by atoms with van der Waals surface area (Å²) in [7, 11) is 0. The Bertz CT molecular complexity index is 612. The molecule has 0 amide bonds. The number of ketones is 1. The molecule has 2 aromatic carbocycles. The van der Waals surface area contributed by atoms with Crippen LogP contribution in [0.1, 0.15) is 46.8 Å². The van der Waals surface area contributed by atoms with Crippen molar-refractivity contribution in [2.45, 2.75) is 33.1 Å². The SMILES string of the molecule is Cc1ccc(Cl)cc1C(=O)Cc1ccc(C(C)C)cc1. The molecule has 0 aliphatic carbocycles. The Morgan fingerprint density at radius 2 is 1.75 bits per heavy atom. The molecule has 0 fully saturated rings. The van der Waals surface area contributed by atoms with Crippen LogP contribution in [0.3, 0.4) is 0 Å². The molecule has 20 heavy (non-hydrogen) atoms. The summed E-state index contributed by atoms with van der Waals surface area (Å²) in [6, 6.07) is 13.7. The van der Waals surface area contributed by atoms with Gasteiger partial charge in [0.05, 0.1) is 0 Å². The van der Waals surface area contributed by atoms with E-state index in [1.54, 1.807) is 6.07 Å². The van der Waals surface area contributed by atoms with Crippen molar-refractivity contribution in [2.75, 3.05) is 0 Å². The van der Waals surface area contributed by atoms with E-state index >= 15 is 0 Å². The Morgan fingerprint density at radius 3 is 2.35 bits per heavy atom. The van der Waals surface area contributed by atoms with Gasteiger partial charge >= 0.3 is 0 Å². The molecule has 0 aliphatic rings. The van der Waals surface area contributed by atoms with Crippen LogP contribution in [0.5, 0.6) is 0 Å². The molecule has 0 heterocycles. The number of rotatable bonds is 4. The molecule has 0 atom stereocenters. The molecule has 1 nitrogen and oxygen atoms in total. The second-order valence-electron chi connectivity index (χ2n) is 5.46. The van der Waals surface area contributed by atoms with E-state index in [9.17, 15) is 4.79 Å². The van der Waals surface area contributed by atoms with Crippen molar-refractivity contribution in [3.63, 3.8) is 0 Å². The zero-order valence-corrected chi connectivity index (χ0v) is 12.9. The van der Waals surface area contributed by atoms with Gasteiger partial charge in [-0.1, -0.05) is 55.8 Å². The van der Waals surface area contributed by atoms with Crippen molar-refractivity contribution in [1.29, 1.82) is 0 Å². The largest absolute Gasteiger partial charge is 0.294 e. The lowest BCUT2D eigenvalue weighted by Gasteiger charge is -2.08. The number of Topliss-reactive ketones (excluding diaryl/α,β-unsaturated/α-hetero) is 1. The highest BCUT2D eigenvalue weighted by atomic mass is 35.5. The van der Waals surface area contributed by atoms with Gasteiger partial charge in [-0.3, -0.25) is 4.79 Å². The molecule has 0 saturated heterocycles. The van der Waals surface area contributed by atoms with Crippen LogP contribution < -0.4 is 0 Å². The third-order valence-corrected chi connectivity index (χ3v) is 3.75. The van der Waals surface area contributed by atoms with Gasteiger partial charge in [0, 0.05) is 17.0 Å². The maximum Gasteiger partial charge on any atom is 0.167 e. The molecule has 0 unspecified atom stereocenters. The van der Waals surface area contributed by atoms with Gasteiger partial charge < -0.3 is 0 Å². The van der Waals surface area contributed by atoms with Gasteiger partial charge in [0.15, 0.2) is 5.78 Å². The number of benzene rings is 2. The van der Waals surface area contributed by atoms with Crippen LogP contribution in [-0.2, 0) is 6.42 Å². The molecule has 0 spiro atoms. The summed E-state index contributed by atoms with van der Waals surface area (Å²) in [5.74, 6) is 0.622. The second-order valence-corrected chi connectivity index (χ2v) is 5.89. The zero-order valence-electron chi connectivity index (χ0n) is 12.1. The van der Waals surface area contributed by atoms with Crippen LogP contribution >= 0.6 is 11.6 Å². The summed E-state index contributed by atoms with van der Waals surface area (Å²) in [6.45, 7) is 6.26. The van der Waals surface area contributed by atoms with Gasteiger partial charge in [0.25, 0.3) is 0 Å². The Labute approximate surface area is 125 Å². The molecule has 0 saturated carbocycles. The minimum atomic E-state index is 0.113. The fourth-order valence-electron chi connectivity index (χ4n) is 2.20. The standard InChI is InChI=1S/C18H19ClO/c1-12(2)15-7-5-14(6-8-15)10-18(20)17-11-16(19)9-4-13(17)3/h4-9,11-12H,10H2,1-3H3. The minimum Gasteiger partial charge on any atom is -0.294 e. The summed E-state index contributed by atoms with van der Waals surface area (Å²) in [5, 5.41) is 0.606. The van der Waals surface area contributed by atoms with Gasteiger partial charge in [0.2, 0.25) is 0 Å². The molecule has 104 valence electrons. The number of carbonyl (C=O) groups is 1. The Kier molecular flexibility index (Phi) is 4.61. The molecule has 0 N–H and O–H groups in total. The molecule has 2 aromatic rings. The maximum atomic E-state index is 12.3. The normalized spacial score (nSPS) is 10.8. The van der Waals surface area contributed by atoms with E-state index in [4.69, 9.17) is 11.6 Å². The first-order valence-corrected chi connectivity index (χ1v) is 7.23. The van der Waals surface area contributed by atoms with Gasteiger partial charge in [0.1, 0.15) is 0 Å². The highest BCUT2D eigenvalue weighted by molar-refractivity contribution is 6.31. The molecule has 0 aromatic heterocycles.